The molecule has 0 aromatic heterocycles. The van der Waals surface area contributed by atoms with Gasteiger partial charge < -0.3 is 19.8 Å². The Morgan fingerprint density at radius 3 is 1.43 bits per heavy atom. The van der Waals surface area contributed by atoms with E-state index >= 15 is 0 Å². The van der Waals surface area contributed by atoms with Gasteiger partial charge in [0.05, 0.1) is 0 Å². The molecule has 0 aromatic carbocycles. The van der Waals surface area contributed by atoms with Crippen molar-refractivity contribution in [1.82, 2.24) is 0 Å². The van der Waals surface area contributed by atoms with Gasteiger partial charge in [0.15, 0.2) is 0 Å². The number of hydrogen-bond donors (Lipinski definition) is 0. The van der Waals surface area contributed by atoms with Crippen molar-refractivity contribution in [3.63, 3.8) is 0 Å². The molecule has 0 unspecified atom stereocenters. The monoisotopic (exact) mass is 324 g/mol. The molecule has 0 aliphatic heterocycles. The first kappa shape index (κ1) is 19.7. The van der Waals surface area contributed by atoms with Gasteiger partial charge in [0.2, 0.25) is 0 Å². The predicted molar refractivity (Wildman–Crippen MR) is 82.0 cm³/mol. The Bertz CT molecular complexity index is 357. The fourth-order valence-electron chi connectivity index (χ4n) is 3.44. The predicted octanol–water partition coefficient (Wildman–Crippen LogP) is 1.37. The van der Waals surface area contributed by atoms with Crippen molar-refractivity contribution >= 4 is 17.7 Å². The summed E-state index contributed by atoms with van der Waals surface area (Å²) < 4.78 is 0. The molecule has 1 fully saturated rings. The normalized spacial score (nSPS) is 24.4. The highest BCUT2D eigenvalue weighted by Crippen LogP contribution is 2.27. The highest BCUT2D eigenvalue weighted by atomic mass is 16.4. The van der Waals surface area contributed by atoms with Crippen molar-refractivity contribution in [2.24, 2.45) is 11.8 Å². The molecule has 0 bridgehead atoms. The van der Waals surface area contributed by atoms with Gasteiger partial charge in [-0.3, -0.25) is 4.79 Å². The Hall–Kier alpha value is -1.39. The quantitative estimate of drug-likeness (QED) is 0.735. The number of aliphatic carboxylic acids is 2. The number of ketones is 1. The SMILES string of the molecule is O=C([O-])CC[C@H]1CCCCCCCCC[C@H](CCC(=O)[O-])C1=O. The lowest BCUT2D eigenvalue weighted by molar-refractivity contribution is -0.307. The fraction of sp³-hybridized carbons (Fsp3) is 0.833. The molecule has 1 saturated carbocycles. The first-order valence-corrected chi connectivity index (χ1v) is 8.94. The van der Waals surface area contributed by atoms with Crippen LogP contribution < -0.4 is 10.2 Å². The van der Waals surface area contributed by atoms with Gasteiger partial charge >= 0.3 is 0 Å². The van der Waals surface area contributed by atoms with Crippen molar-refractivity contribution in [3.05, 3.63) is 0 Å². The van der Waals surface area contributed by atoms with Gasteiger partial charge in [-0.25, -0.2) is 0 Å². The smallest absolute Gasteiger partial charge is 0.139 e. The van der Waals surface area contributed by atoms with Crippen LogP contribution in [0.3, 0.4) is 0 Å². The largest absolute Gasteiger partial charge is 0.550 e. The maximum Gasteiger partial charge on any atom is 0.139 e. The van der Waals surface area contributed by atoms with Crippen LogP contribution in [0.1, 0.15) is 83.5 Å². The third kappa shape index (κ3) is 8.72. The lowest BCUT2D eigenvalue weighted by Gasteiger charge is -2.24. The fourth-order valence-corrected chi connectivity index (χ4v) is 3.44. The molecule has 0 aromatic rings. The molecule has 23 heavy (non-hydrogen) atoms. The molecule has 5 nitrogen and oxygen atoms in total. The van der Waals surface area contributed by atoms with Gasteiger partial charge in [0, 0.05) is 23.8 Å². The van der Waals surface area contributed by atoms with E-state index in [2.05, 4.69) is 0 Å². The van der Waals surface area contributed by atoms with Gasteiger partial charge in [-0.15, -0.1) is 0 Å². The van der Waals surface area contributed by atoms with Gasteiger partial charge in [-0.05, 0) is 38.5 Å². The Labute approximate surface area is 138 Å². The van der Waals surface area contributed by atoms with E-state index in [9.17, 15) is 24.6 Å². The maximum absolute atomic E-state index is 12.8. The minimum absolute atomic E-state index is 0.0491. The van der Waals surface area contributed by atoms with E-state index in [4.69, 9.17) is 0 Å². The van der Waals surface area contributed by atoms with Gasteiger partial charge in [-0.1, -0.05) is 44.9 Å². The molecule has 1 aliphatic carbocycles. The highest BCUT2D eigenvalue weighted by molar-refractivity contribution is 5.84. The third-order valence-electron chi connectivity index (χ3n) is 4.80. The summed E-state index contributed by atoms with van der Waals surface area (Å²) in [7, 11) is 0. The molecule has 132 valence electrons. The average Bonchev–Trinajstić information content (AvgIpc) is 2.48. The summed E-state index contributed by atoms with van der Waals surface area (Å²) >= 11 is 0. The lowest BCUT2D eigenvalue weighted by Crippen LogP contribution is -2.29. The second-order valence-electron chi connectivity index (χ2n) is 6.67. The first-order valence-electron chi connectivity index (χ1n) is 8.94. The van der Waals surface area contributed by atoms with Crippen LogP contribution in [0.15, 0.2) is 0 Å². The third-order valence-corrected chi connectivity index (χ3v) is 4.80. The number of carboxylic acids is 2. The van der Waals surface area contributed by atoms with Crippen LogP contribution in [0.25, 0.3) is 0 Å². The Morgan fingerprint density at radius 2 is 1.09 bits per heavy atom. The molecule has 0 amide bonds. The van der Waals surface area contributed by atoms with Crippen LogP contribution in [0.4, 0.5) is 0 Å². The second-order valence-corrected chi connectivity index (χ2v) is 6.67. The Balaban J connectivity index is 2.72. The molecule has 0 saturated heterocycles. The highest BCUT2D eigenvalue weighted by Gasteiger charge is 2.26. The number of rotatable bonds is 6. The molecular formula is C18H28O5-2. The van der Waals surface area contributed by atoms with E-state index in [1.807, 2.05) is 0 Å². The summed E-state index contributed by atoms with van der Waals surface area (Å²) in [5, 5.41) is 21.4. The van der Waals surface area contributed by atoms with Crippen molar-refractivity contribution in [1.29, 1.82) is 0 Å². The van der Waals surface area contributed by atoms with E-state index in [0.717, 1.165) is 38.5 Å². The van der Waals surface area contributed by atoms with Crippen LogP contribution in [-0.4, -0.2) is 17.7 Å². The van der Waals surface area contributed by atoms with Gasteiger partial charge in [0.1, 0.15) is 5.78 Å². The van der Waals surface area contributed by atoms with Crippen LogP contribution >= 0.6 is 0 Å². The zero-order valence-electron chi connectivity index (χ0n) is 13.9. The van der Waals surface area contributed by atoms with E-state index < -0.39 is 11.9 Å². The molecule has 0 spiro atoms. The number of Topliss-reactive ketones (excluding diaryl/α,β-unsaturated/α-hetero) is 1. The van der Waals surface area contributed by atoms with Crippen LogP contribution in [0.2, 0.25) is 0 Å². The van der Waals surface area contributed by atoms with Gasteiger partial charge in [0.25, 0.3) is 0 Å². The van der Waals surface area contributed by atoms with Crippen molar-refractivity contribution in [2.45, 2.75) is 83.5 Å². The standard InChI is InChI=1S/C18H30O5/c19-16(20)12-10-14-8-6-4-2-1-3-5-7-9-15(18(14)23)11-13-17(21)22/h14-15H,1-13H2,(H,19,20)(H,21,22)/p-2/t14-,15-/m1/s1. The van der Waals surface area contributed by atoms with Gasteiger partial charge in [-0.2, -0.15) is 0 Å². The molecular weight excluding hydrogens is 296 g/mol. The zero-order chi connectivity index (χ0) is 17.1. The summed E-state index contributed by atoms with van der Waals surface area (Å²) in [5.41, 5.74) is 0. The molecule has 1 aliphatic rings. The molecule has 2 atom stereocenters. The van der Waals surface area contributed by atoms with Crippen molar-refractivity contribution in [2.75, 3.05) is 0 Å². The molecule has 0 radical (unpaired) electrons. The zero-order valence-corrected chi connectivity index (χ0v) is 13.9. The molecule has 1 rings (SSSR count). The Morgan fingerprint density at radius 1 is 0.739 bits per heavy atom. The molecule has 5 heteroatoms. The summed E-state index contributed by atoms with van der Waals surface area (Å²) in [4.78, 5) is 34.2. The van der Waals surface area contributed by atoms with Crippen LogP contribution in [0.5, 0.6) is 0 Å². The van der Waals surface area contributed by atoms with E-state index in [1.54, 1.807) is 0 Å². The van der Waals surface area contributed by atoms with E-state index in [-0.39, 0.29) is 30.5 Å². The van der Waals surface area contributed by atoms with Crippen molar-refractivity contribution in [3.8, 4) is 0 Å². The van der Waals surface area contributed by atoms with E-state index in [1.165, 1.54) is 6.42 Å². The maximum atomic E-state index is 12.8. The lowest BCUT2D eigenvalue weighted by atomic mass is 9.81. The molecule has 0 heterocycles. The average molecular weight is 324 g/mol. The minimum Gasteiger partial charge on any atom is -0.550 e. The number of carbonyl (C=O) groups excluding carboxylic acids is 3. The minimum atomic E-state index is -1.13. The summed E-state index contributed by atoms with van der Waals surface area (Å²) in [5.74, 6) is -2.77. The first-order chi connectivity index (χ1) is 11.0. The summed E-state index contributed by atoms with van der Waals surface area (Å²) in [6.45, 7) is 0. The van der Waals surface area contributed by atoms with E-state index in [0.29, 0.717) is 25.7 Å². The number of carbonyl (C=O) groups is 3. The summed E-state index contributed by atoms with van der Waals surface area (Å²) in [6.07, 6.45) is 9.32. The van der Waals surface area contributed by atoms with Crippen LogP contribution in [0, 0.1) is 11.8 Å². The summed E-state index contributed by atoms with van der Waals surface area (Å²) in [6, 6.07) is 0. The Kier molecular flexibility index (Phi) is 9.57. The van der Waals surface area contributed by atoms with Crippen LogP contribution in [-0.2, 0) is 14.4 Å². The molecule has 0 N–H and O–H groups in total. The number of hydrogen-bond acceptors (Lipinski definition) is 5. The second kappa shape index (κ2) is 11.2. The van der Waals surface area contributed by atoms with Crippen molar-refractivity contribution < 1.29 is 24.6 Å². The number of carboxylic acid groups (broad SMARTS) is 2. The topological polar surface area (TPSA) is 97.3 Å².